The normalized spacial score (nSPS) is 14.8. The molecule has 158 valence electrons. The number of aromatic nitrogens is 1. The van der Waals surface area contributed by atoms with Gasteiger partial charge in [-0.25, -0.2) is 22.3 Å². The van der Waals surface area contributed by atoms with Gasteiger partial charge >= 0.3 is 11.9 Å². The standard InChI is InChI=1S/C15H21N3O2S.C4H4O4/c16-6-5-13-10-17-15-4-3-12(9-14(13)15)11-21(19,20)18-7-1-2-8-18;5-3(6)1-2-4(7)8/h3-4,9-10,17H,1-2,5-8,11,16H2;1-2H,(H,5,6)(H,7,8)/b;2-1+. The molecule has 10 heteroatoms. The Kier molecular flexibility index (Phi) is 7.94. The molecule has 1 aromatic carbocycles. The van der Waals surface area contributed by atoms with Crippen molar-refractivity contribution in [3.8, 4) is 0 Å². The number of H-pyrrole nitrogens is 1. The Bertz CT molecular complexity index is 975. The fourth-order valence-electron chi connectivity index (χ4n) is 3.09. The van der Waals surface area contributed by atoms with Crippen LogP contribution in [0.15, 0.2) is 36.5 Å². The highest BCUT2D eigenvalue weighted by Gasteiger charge is 2.25. The molecular weight excluding hydrogens is 398 g/mol. The van der Waals surface area contributed by atoms with Crippen LogP contribution in [0.3, 0.4) is 0 Å². The number of rotatable bonds is 7. The van der Waals surface area contributed by atoms with Gasteiger partial charge in [-0.1, -0.05) is 6.07 Å². The Morgan fingerprint density at radius 2 is 1.76 bits per heavy atom. The van der Waals surface area contributed by atoms with Gasteiger partial charge in [0.1, 0.15) is 0 Å². The van der Waals surface area contributed by atoms with Gasteiger partial charge in [-0.2, -0.15) is 0 Å². The lowest BCUT2D eigenvalue weighted by Crippen LogP contribution is -2.29. The maximum Gasteiger partial charge on any atom is 0.328 e. The van der Waals surface area contributed by atoms with Gasteiger partial charge in [0.15, 0.2) is 0 Å². The van der Waals surface area contributed by atoms with Crippen LogP contribution in [0.2, 0.25) is 0 Å². The summed E-state index contributed by atoms with van der Waals surface area (Å²) in [7, 11) is -3.19. The van der Waals surface area contributed by atoms with Crippen molar-refractivity contribution in [2.24, 2.45) is 5.73 Å². The molecule has 9 nitrogen and oxygen atoms in total. The Hall–Kier alpha value is -2.69. The molecule has 0 saturated carbocycles. The number of hydrogen-bond acceptors (Lipinski definition) is 5. The van der Waals surface area contributed by atoms with E-state index >= 15 is 0 Å². The molecule has 0 amide bonds. The summed E-state index contributed by atoms with van der Waals surface area (Å²) in [5.41, 5.74) is 8.63. The summed E-state index contributed by atoms with van der Waals surface area (Å²) in [5, 5.41) is 16.7. The minimum Gasteiger partial charge on any atom is -0.478 e. The number of carbonyl (C=O) groups is 2. The first kappa shape index (κ1) is 22.6. The van der Waals surface area contributed by atoms with E-state index in [0.29, 0.717) is 31.8 Å². The Labute approximate surface area is 168 Å². The number of nitrogens with one attached hydrogen (secondary N) is 1. The first-order valence-corrected chi connectivity index (χ1v) is 10.7. The number of carboxylic acids is 2. The van der Waals surface area contributed by atoms with E-state index in [-0.39, 0.29) is 5.75 Å². The quantitative estimate of drug-likeness (QED) is 0.490. The molecule has 0 aliphatic carbocycles. The van der Waals surface area contributed by atoms with Gasteiger partial charge in [0, 0.05) is 42.3 Å². The monoisotopic (exact) mass is 423 g/mol. The lowest BCUT2D eigenvalue weighted by molar-refractivity contribution is -0.134. The van der Waals surface area contributed by atoms with Crippen molar-refractivity contribution in [2.45, 2.75) is 25.0 Å². The van der Waals surface area contributed by atoms with Crippen LogP contribution in [0.1, 0.15) is 24.0 Å². The number of carboxylic acid groups (broad SMARTS) is 2. The molecule has 1 aliphatic rings. The zero-order valence-electron chi connectivity index (χ0n) is 15.9. The van der Waals surface area contributed by atoms with Crippen LogP contribution in [0.25, 0.3) is 10.9 Å². The van der Waals surface area contributed by atoms with E-state index in [2.05, 4.69) is 4.98 Å². The van der Waals surface area contributed by atoms with E-state index in [0.717, 1.165) is 41.3 Å². The highest BCUT2D eigenvalue weighted by molar-refractivity contribution is 7.88. The van der Waals surface area contributed by atoms with E-state index < -0.39 is 22.0 Å². The second-order valence-electron chi connectivity index (χ2n) is 6.60. The fraction of sp³-hybridized carbons (Fsp3) is 0.368. The second-order valence-corrected chi connectivity index (χ2v) is 8.57. The number of fused-ring (bicyclic) bond motifs is 1. The topological polar surface area (TPSA) is 154 Å². The Balaban J connectivity index is 0.000000321. The van der Waals surface area contributed by atoms with E-state index in [9.17, 15) is 18.0 Å². The van der Waals surface area contributed by atoms with E-state index in [1.807, 2.05) is 24.4 Å². The number of aromatic amines is 1. The zero-order valence-corrected chi connectivity index (χ0v) is 16.7. The highest BCUT2D eigenvalue weighted by Crippen LogP contribution is 2.23. The largest absolute Gasteiger partial charge is 0.478 e. The number of sulfonamides is 1. The van der Waals surface area contributed by atoms with Crippen LogP contribution in [0, 0.1) is 0 Å². The van der Waals surface area contributed by atoms with Crippen LogP contribution in [-0.2, 0) is 31.8 Å². The first-order valence-electron chi connectivity index (χ1n) is 9.13. The molecule has 29 heavy (non-hydrogen) atoms. The van der Waals surface area contributed by atoms with Crippen LogP contribution >= 0.6 is 0 Å². The third-order valence-electron chi connectivity index (χ3n) is 4.42. The van der Waals surface area contributed by atoms with Crippen molar-refractivity contribution in [1.29, 1.82) is 0 Å². The van der Waals surface area contributed by atoms with Crippen LogP contribution < -0.4 is 5.73 Å². The molecule has 0 atom stereocenters. The summed E-state index contributed by atoms with van der Waals surface area (Å²) in [6.45, 7) is 1.91. The molecule has 3 rings (SSSR count). The van der Waals surface area contributed by atoms with E-state index in [4.69, 9.17) is 15.9 Å². The maximum atomic E-state index is 12.4. The predicted octanol–water partition coefficient (Wildman–Crippen LogP) is 1.31. The molecule has 0 unspecified atom stereocenters. The minimum absolute atomic E-state index is 0.0795. The summed E-state index contributed by atoms with van der Waals surface area (Å²) in [6.07, 6.45) is 5.80. The Morgan fingerprint density at radius 1 is 1.14 bits per heavy atom. The maximum absolute atomic E-state index is 12.4. The molecule has 0 spiro atoms. The zero-order chi connectivity index (χ0) is 21.4. The molecular formula is C19H25N3O6S. The summed E-state index contributed by atoms with van der Waals surface area (Å²) in [4.78, 5) is 22.3. The summed E-state index contributed by atoms with van der Waals surface area (Å²) < 4.78 is 26.4. The summed E-state index contributed by atoms with van der Waals surface area (Å²) in [6, 6.07) is 5.81. The van der Waals surface area contributed by atoms with E-state index in [1.54, 1.807) is 4.31 Å². The van der Waals surface area contributed by atoms with Gasteiger partial charge < -0.3 is 20.9 Å². The SMILES string of the molecule is NCCc1c[nH]c2ccc(CS(=O)(=O)N3CCCC3)cc12.O=C(O)/C=C/C(=O)O. The molecule has 2 heterocycles. The van der Waals surface area contributed by atoms with Gasteiger partial charge in [-0.15, -0.1) is 0 Å². The second kappa shape index (κ2) is 10.2. The molecule has 1 fully saturated rings. The first-order chi connectivity index (χ1) is 13.7. The number of benzene rings is 1. The molecule has 1 aliphatic heterocycles. The van der Waals surface area contributed by atoms with Crippen molar-refractivity contribution in [2.75, 3.05) is 19.6 Å². The van der Waals surface area contributed by atoms with Gasteiger partial charge in [-0.05, 0) is 49.1 Å². The molecule has 2 aromatic rings. The lowest BCUT2D eigenvalue weighted by atomic mass is 10.1. The summed E-state index contributed by atoms with van der Waals surface area (Å²) in [5.74, 6) is -2.43. The van der Waals surface area contributed by atoms with Gasteiger partial charge in [0.05, 0.1) is 5.75 Å². The Morgan fingerprint density at radius 3 is 2.31 bits per heavy atom. The number of nitrogens with zero attached hydrogens (tertiary/aromatic N) is 1. The van der Waals surface area contributed by atoms with Gasteiger partial charge in [0.25, 0.3) is 0 Å². The number of hydrogen-bond donors (Lipinski definition) is 4. The number of nitrogens with two attached hydrogens (primary N) is 1. The predicted molar refractivity (Wildman–Crippen MR) is 109 cm³/mol. The van der Waals surface area contributed by atoms with Crippen LogP contribution in [0.4, 0.5) is 0 Å². The van der Waals surface area contributed by atoms with Crippen molar-refractivity contribution >= 4 is 32.9 Å². The minimum atomic E-state index is -3.19. The molecule has 0 radical (unpaired) electrons. The van der Waals surface area contributed by atoms with Crippen molar-refractivity contribution < 1.29 is 28.2 Å². The van der Waals surface area contributed by atoms with E-state index in [1.165, 1.54) is 0 Å². The van der Waals surface area contributed by atoms with Crippen LogP contribution in [-0.4, -0.2) is 59.5 Å². The fourth-order valence-corrected chi connectivity index (χ4v) is 4.69. The molecule has 5 N–H and O–H groups in total. The highest BCUT2D eigenvalue weighted by atomic mass is 32.2. The summed E-state index contributed by atoms with van der Waals surface area (Å²) >= 11 is 0. The van der Waals surface area contributed by atoms with Crippen molar-refractivity contribution in [3.05, 3.63) is 47.7 Å². The smallest absolute Gasteiger partial charge is 0.328 e. The molecule has 1 saturated heterocycles. The molecule has 1 aromatic heterocycles. The third kappa shape index (κ3) is 6.70. The average Bonchev–Trinajstić information content (AvgIpc) is 3.32. The van der Waals surface area contributed by atoms with Crippen LogP contribution in [0.5, 0.6) is 0 Å². The lowest BCUT2D eigenvalue weighted by Gasteiger charge is -2.15. The van der Waals surface area contributed by atoms with Gasteiger partial charge in [0.2, 0.25) is 10.0 Å². The molecule has 0 bridgehead atoms. The van der Waals surface area contributed by atoms with Gasteiger partial charge in [-0.3, -0.25) is 0 Å². The van der Waals surface area contributed by atoms with Crippen molar-refractivity contribution in [1.82, 2.24) is 9.29 Å². The van der Waals surface area contributed by atoms with Crippen molar-refractivity contribution in [3.63, 3.8) is 0 Å². The third-order valence-corrected chi connectivity index (χ3v) is 6.27. The average molecular weight is 423 g/mol. The number of aliphatic carboxylic acids is 2.